The molecule has 6 heteroatoms. The lowest BCUT2D eigenvalue weighted by Crippen LogP contribution is -1.92. The first kappa shape index (κ1) is 15.6. The molecule has 1 aromatic heterocycles. The van der Waals surface area contributed by atoms with Crippen LogP contribution in [0.2, 0.25) is 0 Å². The number of hydrogen-bond acceptors (Lipinski definition) is 4. The molecule has 2 aromatic carbocycles. The molecule has 0 aliphatic carbocycles. The Balaban J connectivity index is 1.96. The summed E-state index contributed by atoms with van der Waals surface area (Å²) in [4.78, 5) is 15.0. The van der Waals surface area contributed by atoms with E-state index in [0.717, 1.165) is 0 Å². The van der Waals surface area contributed by atoms with Gasteiger partial charge in [-0.25, -0.2) is 9.37 Å². The molecular weight excluding hydrogens is 311 g/mol. The minimum atomic E-state index is -0.457. The van der Waals surface area contributed by atoms with Crippen molar-refractivity contribution in [2.24, 2.45) is 0 Å². The molecule has 120 valence electrons. The maximum atomic E-state index is 13.7. The Morgan fingerprint density at radius 1 is 1.17 bits per heavy atom. The van der Waals surface area contributed by atoms with Crippen molar-refractivity contribution in [1.29, 1.82) is 0 Å². The fraction of sp³-hybridized carbons (Fsp3) is 0.0556. The van der Waals surface area contributed by atoms with Crippen molar-refractivity contribution in [3.05, 3.63) is 75.7 Å². The number of methoxy groups -OCH3 is 1. The van der Waals surface area contributed by atoms with Crippen molar-refractivity contribution in [1.82, 2.24) is 4.98 Å². The molecule has 3 rings (SSSR count). The van der Waals surface area contributed by atoms with E-state index in [0.29, 0.717) is 22.2 Å². The van der Waals surface area contributed by atoms with Crippen molar-refractivity contribution >= 4 is 28.7 Å². The van der Waals surface area contributed by atoms with Gasteiger partial charge in [-0.15, -0.1) is 0 Å². The third-order valence-corrected chi connectivity index (χ3v) is 3.54. The summed E-state index contributed by atoms with van der Waals surface area (Å²) >= 11 is 0. The lowest BCUT2D eigenvalue weighted by atomic mass is 10.1. The van der Waals surface area contributed by atoms with E-state index in [1.807, 2.05) is 0 Å². The summed E-state index contributed by atoms with van der Waals surface area (Å²) in [6.45, 7) is 0. The van der Waals surface area contributed by atoms with Crippen LogP contribution in [0.4, 0.5) is 10.1 Å². The molecule has 0 saturated heterocycles. The topological polar surface area (TPSA) is 65.3 Å². The Morgan fingerprint density at radius 3 is 2.71 bits per heavy atom. The Hall–Kier alpha value is -3.28. The molecule has 1 heterocycles. The summed E-state index contributed by atoms with van der Waals surface area (Å²) in [5, 5.41) is 11.8. The monoisotopic (exact) mass is 324 g/mol. The first-order valence-corrected chi connectivity index (χ1v) is 7.14. The highest BCUT2D eigenvalue weighted by atomic mass is 19.1. The Morgan fingerprint density at radius 2 is 2.00 bits per heavy atom. The molecule has 0 aliphatic rings. The van der Waals surface area contributed by atoms with Gasteiger partial charge in [0.2, 0.25) is 0 Å². The van der Waals surface area contributed by atoms with Crippen LogP contribution in [0.3, 0.4) is 0 Å². The normalized spacial score (nSPS) is 11.1. The van der Waals surface area contributed by atoms with E-state index in [1.165, 1.54) is 25.3 Å². The highest BCUT2D eigenvalue weighted by Gasteiger charge is 2.12. The lowest BCUT2D eigenvalue weighted by Gasteiger charge is -2.02. The summed E-state index contributed by atoms with van der Waals surface area (Å²) in [6.07, 6.45) is 3.36. The fourth-order valence-corrected chi connectivity index (χ4v) is 2.35. The van der Waals surface area contributed by atoms with Gasteiger partial charge in [-0.05, 0) is 29.8 Å². The summed E-state index contributed by atoms with van der Waals surface area (Å²) in [6, 6.07) is 12.9. The molecule has 0 bridgehead atoms. The smallest absolute Gasteiger partial charge is 0.295 e. The van der Waals surface area contributed by atoms with Gasteiger partial charge in [0.25, 0.3) is 5.69 Å². The maximum Gasteiger partial charge on any atom is 0.295 e. The van der Waals surface area contributed by atoms with Crippen LogP contribution in [0.5, 0.6) is 5.75 Å². The van der Waals surface area contributed by atoms with Gasteiger partial charge in [0.1, 0.15) is 5.52 Å². The zero-order valence-corrected chi connectivity index (χ0v) is 12.8. The molecule has 0 radical (unpaired) electrons. The number of non-ortho nitro benzene ring substituents is 1. The number of rotatable bonds is 4. The number of aromatic nitrogens is 1. The number of nitrogens with zero attached hydrogens (tertiary/aromatic N) is 2. The van der Waals surface area contributed by atoms with Crippen LogP contribution < -0.4 is 4.74 Å². The second kappa shape index (κ2) is 6.45. The van der Waals surface area contributed by atoms with Crippen molar-refractivity contribution in [3.63, 3.8) is 0 Å². The Labute approximate surface area is 137 Å². The fourth-order valence-electron chi connectivity index (χ4n) is 2.35. The zero-order valence-electron chi connectivity index (χ0n) is 12.8. The third-order valence-electron chi connectivity index (χ3n) is 3.54. The van der Waals surface area contributed by atoms with Crippen LogP contribution in [-0.4, -0.2) is 17.0 Å². The summed E-state index contributed by atoms with van der Waals surface area (Å²) in [7, 11) is 1.40. The average molecular weight is 324 g/mol. The van der Waals surface area contributed by atoms with Crippen LogP contribution in [-0.2, 0) is 0 Å². The predicted octanol–water partition coefficient (Wildman–Crippen LogP) is 4.46. The van der Waals surface area contributed by atoms with E-state index in [1.54, 1.807) is 42.5 Å². The Bertz CT molecular complexity index is 954. The Kier molecular flexibility index (Phi) is 4.20. The third kappa shape index (κ3) is 3.08. The first-order valence-electron chi connectivity index (χ1n) is 7.14. The van der Waals surface area contributed by atoms with Gasteiger partial charge >= 0.3 is 0 Å². The largest absolute Gasteiger partial charge is 0.494 e. The number of nitro benzene ring substituents is 1. The number of benzene rings is 2. The van der Waals surface area contributed by atoms with Gasteiger partial charge in [0.05, 0.1) is 17.7 Å². The number of pyridine rings is 1. The second-order valence-corrected chi connectivity index (χ2v) is 5.07. The molecule has 0 saturated carbocycles. The molecule has 5 nitrogen and oxygen atoms in total. The molecule has 0 spiro atoms. The molecule has 0 amide bonds. The predicted molar refractivity (Wildman–Crippen MR) is 90.3 cm³/mol. The van der Waals surface area contributed by atoms with E-state index < -0.39 is 10.7 Å². The molecule has 24 heavy (non-hydrogen) atoms. The minimum Gasteiger partial charge on any atom is -0.494 e. The molecule has 0 unspecified atom stereocenters. The zero-order chi connectivity index (χ0) is 17.1. The summed E-state index contributed by atoms with van der Waals surface area (Å²) < 4.78 is 18.5. The molecule has 0 aliphatic heterocycles. The van der Waals surface area contributed by atoms with Crippen LogP contribution >= 0.6 is 0 Å². The summed E-state index contributed by atoms with van der Waals surface area (Å²) in [5.74, 6) is -0.284. The van der Waals surface area contributed by atoms with E-state index in [4.69, 9.17) is 4.74 Å². The molecule has 0 N–H and O–H groups in total. The number of halogens is 1. The van der Waals surface area contributed by atoms with Crippen LogP contribution in [0.1, 0.15) is 11.3 Å². The van der Waals surface area contributed by atoms with Crippen molar-refractivity contribution in [2.45, 2.75) is 0 Å². The average Bonchev–Trinajstić information content (AvgIpc) is 2.59. The van der Waals surface area contributed by atoms with Crippen LogP contribution in [0.25, 0.3) is 23.1 Å². The maximum absolute atomic E-state index is 13.7. The van der Waals surface area contributed by atoms with Crippen LogP contribution in [0.15, 0.2) is 48.5 Å². The van der Waals surface area contributed by atoms with Gasteiger partial charge < -0.3 is 4.74 Å². The van der Waals surface area contributed by atoms with Crippen molar-refractivity contribution < 1.29 is 14.1 Å². The lowest BCUT2D eigenvalue weighted by molar-refractivity contribution is -0.383. The van der Waals surface area contributed by atoms with Gasteiger partial charge in [-0.1, -0.05) is 30.3 Å². The van der Waals surface area contributed by atoms with Gasteiger partial charge in [-0.3, -0.25) is 10.1 Å². The van der Waals surface area contributed by atoms with Gasteiger partial charge in [0, 0.05) is 11.5 Å². The van der Waals surface area contributed by atoms with Crippen LogP contribution in [0, 0.1) is 15.9 Å². The number of fused-ring (bicyclic) bond motifs is 1. The van der Waals surface area contributed by atoms with E-state index in [9.17, 15) is 14.5 Å². The van der Waals surface area contributed by atoms with Crippen molar-refractivity contribution in [3.8, 4) is 5.75 Å². The molecule has 0 fully saturated rings. The summed E-state index contributed by atoms with van der Waals surface area (Å²) in [5.41, 5.74) is 1.47. The number of nitro groups is 1. The van der Waals surface area contributed by atoms with E-state index in [-0.39, 0.29) is 11.4 Å². The van der Waals surface area contributed by atoms with Gasteiger partial charge in [0.15, 0.2) is 11.6 Å². The molecule has 0 atom stereocenters. The highest BCUT2D eigenvalue weighted by Crippen LogP contribution is 2.24. The molecular formula is C18H13FN2O3. The molecule has 3 aromatic rings. The van der Waals surface area contributed by atoms with E-state index >= 15 is 0 Å². The van der Waals surface area contributed by atoms with Gasteiger partial charge in [-0.2, -0.15) is 0 Å². The minimum absolute atomic E-state index is 0.0433. The quantitative estimate of drug-likeness (QED) is 0.525. The standard InChI is InChI=1S/C18H13FN2O3/c1-24-17-10-6-12(11-15(17)19)5-8-14-9-7-13-3-2-4-16(21(22)23)18(13)20-14/h2-11H,1H3/b8-5+. The number of hydrogen-bond donors (Lipinski definition) is 0. The second-order valence-electron chi connectivity index (χ2n) is 5.07. The first-order chi connectivity index (χ1) is 11.6. The van der Waals surface area contributed by atoms with E-state index in [2.05, 4.69) is 4.98 Å². The van der Waals surface area contributed by atoms with Crippen molar-refractivity contribution in [2.75, 3.05) is 7.11 Å². The highest BCUT2D eigenvalue weighted by molar-refractivity contribution is 5.88. The number of ether oxygens (including phenoxy) is 1. The number of para-hydroxylation sites is 1. The SMILES string of the molecule is COc1ccc(/C=C/c2ccc3cccc([N+](=O)[O-])c3n2)cc1F.